The van der Waals surface area contributed by atoms with Gasteiger partial charge in [-0.3, -0.25) is 9.59 Å². The summed E-state index contributed by atoms with van der Waals surface area (Å²) in [4.78, 5) is 25.8. The standard InChI is InChI=1S/C30H28N2O3/c1-21-12-15-25(20-22(21)2)31-30(34)27-10-6-7-11-28(27)32-29(33)24-13-16-26(17-14-24)35-19-18-23-8-4-3-5-9-23/h3-17,20H,18-19H2,1-2H3,(H,31,34)(H,32,33). The Morgan fingerprint density at radius 2 is 1.43 bits per heavy atom. The lowest BCUT2D eigenvalue weighted by Crippen LogP contribution is -2.18. The van der Waals surface area contributed by atoms with E-state index in [1.165, 1.54) is 5.56 Å². The maximum atomic E-state index is 12.9. The molecular weight excluding hydrogens is 436 g/mol. The van der Waals surface area contributed by atoms with Crippen LogP contribution < -0.4 is 15.4 Å². The largest absolute Gasteiger partial charge is 0.493 e. The van der Waals surface area contributed by atoms with Crippen LogP contribution >= 0.6 is 0 Å². The van der Waals surface area contributed by atoms with Gasteiger partial charge in [0.05, 0.1) is 17.9 Å². The number of aryl methyl sites for hydroxylation is 2. The first kappa shape index (κ1) is 23.8. The summed E-state index contributed by atoms with van der Waals surface area (Å²) in [5.41, 5.74) is 5.48. The molecule has 2 N–H and O–H groups in total. The first-order valence-corrected chi connectivity index (χ1v) is 11.6. The topological polar surface area (TPSA) is 67.4 Å². The molecule has 0 aliphatic rings. The second-order valence-electron chi connectivity index (χ2n) is 8.36. The summed E-state index contributed by atoms with van der Waals surface area (Å²) >= 11 is 0. The van der Waals surface area contributed by atoms with E-state index in [1.54, 1.807) is 48.5 Å². The summed E-state index contributed by atoms with van der Waals surface area (Å²) in [6.45, 7) is 4.58. The van der Waals surface area contributed by atoms with E-state index in [2.05, 4.69) is 22.8 Å². The number of hydrogen-bond donors (Lipinski definition) is 2. The number of para-hydroxylation sites is 1. The number of rotatable bonds is 8. The predicted molar refractivity (Wildman–Crippen MR) is 140 cm³/mol. The Kier molecular flexibility index (Phi) is 7.58. The summed E-state index contributed by atoms with van der Waals surface area (Å²) < 4.78 is 5.80. The number of amides is 2. The summed E-state index contributed by atoms with van der Waals surface area (Å²) in [5.74, 6) is 0.115. The smallest absolute Gasteiger partial charge is 0.257 e. The number of nitrogens with one attached hydrogen (secondary N) is 2. The van der Waals surface area contributed by atoms with E-state index in [0.717, 1.165) is 17.5 Å². The maximum Gasteiger partial charge on any atom is 0.257 e. The zero-order valence-corrected chi connectivity index (χ0v) is 19.9. The van der Waals surface area contributed by atoms with Crippen molar-refractivity contribution in [2.45, 2.75) is 20.3 Å². The predicted octanol–water partition coefficient (Wildman–Crippen LogP) is 6.43. The highest BCUT2D eigenvalue weighted by Gasteiger charge is 2.15. The monoisotopic (exact) mass is 464 g/mol. The molecule has 0 saturated heterocycles. The second-order valence-corrected chi connectivity index (χ2v) is 8.36. The van der Waals surface area contributed by atoms with Gasteiger partial charge < -0.3 is 15.4 Å². The van der Waals surface area contributed by atoms with Crippen molar-refractivity contribution in [3.63, 3.8) is 0 Å². The third-order valence-corrected chi connectivity index (χ3v) is 5.80. The van der Waals surface area contributed by atoms with E-state index in [1.807, 2.05) is 50.2 Å². The van der Waals surface area contributed by atoms with E-state index in [0.29, 0.717) is 34.9 Å². The molecule has 0 aliphatic carbocycles. The highest BCUT2D eigenvalue weighted by molar-refractivity contribution is 6.12. The van der Waals surface area contributed by atoms with E-state index in [9.17, 15) is 9.59 Å². The molecule has 4 aromatic rings. The molecule has 5 heteroatoms. The van der Waals surface area contributed by atoms with E-state index < -0.39 is 0 Å². The fraction of sp³-hybridized carbons (Fsp3) is 0.133. The van der Waals surface area contributed by atoms with Gasteiger partial charge in [-0.2, -0.15) is 0 Å². The van der Waals surface area contributed by atoms with Gasteiger partial charge in [0.2, 0.25) is 0 Å². The number of carbonyl (C=O) groups is 2. The lowest BCUT2D eigenvalue weighted by atomic mass is 10.1. The Balaban J connectivity index is 1.38. The lowest BCUT2D eigenvalue weighted by Gasteiger charge is -2.13. The van der Waals surface area contributed by atoms with Gasteiger partial charge in [0, 0.05) is 17.7 Å². The van der Waals surface area contributed by atoms with Crippen molar-refractivity contribution in [3.8, 4) is 5.75 Å². The molecule has 4 aromatic carbocycles. The molecule has 4 rings (SSSR count). The SMILES string of the molecule is Cc1ccc(NC(=O)c2ccccc2NC(=O)c2ccc(OCCc3ccccc3)cc2)cc1C. The third-order valence-electron chi connectivity index (χ3n) is 5.80. The van der Waals surface area contributed by atoms with Crippen molar-refractivity contribution in [1.82, 2.24) is 0 Å². The molecule has 0 heterocycles. The van der Waals surface area contributed by atoms with E-state index in [4.69, 9.17) is 4.74 Å². The Hall–Kier alpha value is -4.38. The zero-order chi connectivity index (χ0) is 24.6. The van der Waals surface area contributed by atoms with Crippen molar-refractivity contribution in [2.24, 2.45) is 0 Å². The van der Waals surface area contributed by atoms with Crippen LogP contribution in [0.1, 0.15) is 37.4 Å². The van der Waals surface area contributed by atoms with Crippen LogP contribution in [0.2, 0.25) is 0 Å². The minimum atomic E-state index is -0.299. The molecule has 5 nitrogen and oxygen atoms in total. The van der Waals surface area contributed by atoms with Crippen molar-refractivity contribution >= 4 is 23.2 Å². The van der Waals surface area contributed by atoms with Gasteiger partial charge in [0.1, 0.15) is 5.75 Å². The van der Waals surface area contributed by atoms with Crippen LogP contribution in [0, 0.1) is 13.8 Å². The molecule has 2 amide bonds. The molecule has 176 valence electrons. The van der Waals surface area contributed by atoms with Crippen LogP contribution in [-0.4, -0.2) is 18.4 Å². The van der Waals surface area contributed by atoms with Gasteiger partial charge in [0.15, 0.2) is 0 Å². The average Bonchev–Trinajstić information content (AvgIpc) is 2.87. The Morgan fingerprint density at radius 3 is 2.17 bits per heavy atom. The fourth-order valence-corrected chi connectivity index (χ4v) is 3.64. The van der Waals surface area contributed by atoms with Gasteiger partial charge in [-0.25, -0.2) is 0 Å². The normalized spacial score (nSPS) is 10.5. The molecule has 0 radical (unpaired) electrons. The van der Waals surface area contributed by atoms with Crippen LogP contribution in [0.3, 0.4) is 0 Å². The van der Waals surface area contributed by atoms with Crippen LogP contribution in [0.4, 0.5) is 11.4 Å². The molecule has 0 aromatic heterocycles. The van der Waals surface area contributed by atoms with E-state index >= 15 is 0 Å². The van der Waals surface area contributed by atoms with E-state index in [-0.39, 0.29) is 11.8 Å². The van der Waals surface area contributed by atoms with Crippen LogP contribution in [0.25, 0.3) is 0 Å². The summed E-state index contributed by atoms with van der Waals surface area (Å²) in [6.07, 6.45) is 0.810. The molecule has 0 aliphatic heterocycles. The molecule has 0 fully saturated rings. The number of anilines is 2. The van der Waals surface area contributed by atoms with Gasteiger partial charge in [-0.05, 0) is 79.1 Å². The minimum Gasteiger partial charge on any atom is -0.493 e. The Labute approximate surface area is 205 Å². The van der Waals surface area contributed by atoms with Gasteiger partial charge in [-0.15, -0.1) is 0 Å². The quantitative estimate of drug-likeness (QED) is 0.316. The average molecular weight is 465 g/mol. The summed E-state index contributed by atoms with van der Waals surface area (Å²) in [7, 11) is 0. The van der Waals surface area contributed by atoms with Crippen LogP contribution in [0.5, 0.6) is 5.75 Å². The summed E-state index contributed by atoms with van der Waals surface area (Å²) in [5, 5.41) is 5.77. The second kappa shape index (κ2) is 11.2. The fourth-order valence-electron chi connectivity index (χ4n) is 3.64. The van der Waals surface area contributed by atoms with Gasteiger partial charge >= 0.3 is 0 Å². The highest BCUT2D eigenvalue weighted by Crippen LogP contribution is 2.21. The van der Waals surface area contributed by atoms with Crippen molar-refractivity contribution < 1.29 is 14.3 Å². The third kappa shape index (κ3) is 6.36. The number of carbonyl (C=O) groups excluding carboxylic acids is 2. The molecule has 0 saturated carbocycles. The van der Waals surface area contributed by atoms with Crippen molar-refractivity contribution in [1.29, 1.82) is 0 Å². The minimum absolute atomic E-state index is 0.286. The molecule has 0 bridgehead atoms. The molecule has 0 atom stereocenters. The first-order valence-electron chi connectivity index (χ1n) is 11.6. The molecule has 0 spiro atoms. The van der Waals surface area contributed by atoms with Crippen molar-refractivity contribution in [3.05, 3.63) is 125 Å². The molecule has 0 unspecified atom stereocenters. The van der Waals surface area contributed by atoms with Crippen LogP contribution in [-0.2, 0) is 6.42 Å². The Bertz CT molecular complexity index is 1320. The molecule has 35 heavy (non-hydrogen) atoms. The summed E-state index contributed by atoms with van der Waals surface area (Å²) in [6, 6.07) is 29.8. The lowest BCUT2D eigenvalue weighted by molar-refractivity contribution is 0.102. The molecular formula is C30H28N2O3. The maximum absolute atomic E-state index is 12.9. The highest BCUT2D eigenvalue weighted by atomic mass is 16.5. The zero-order valence-electron chi connectivity index (χ0n) is 19.9. The number of ether oxygens (including phenoxy) is 1. The van der Waals surface area contributed by atoms with Crippen LogP contribution in [0.15, 0.2) is 97.1 Å². The number of benzene rings is 4. The van der Waals surface area contributed by atoms with Gasteiger partial charge in [-0.1, -0.05) is 48.5 Å². The van der Waals surface area contributed by atoms with Gasteiger partial charge in [0.25, 0.3) is 11.8 Å². The number of hydrogen-bond acceptors (Lipinski definition) is 3. The van der Waals surface area contributed by atoms with Crippen molar-refractivity contribution in [2.75, 3.05) is 17.2 Å². The Morgan fingerprint density at radius 1 is 0.714 bits per heavy atom. The first-order chi connectivity index (χ1) is 17.0.